The Morgan fingerprint density at radius 3 is 2.19 bits per heavy atom. The fourth-order valence-electron chi connectivity index (χ4n) is 3.95. The second-order valence-electron chi connectivity index (χ2n) is 9.36. The molecule has 0 aromatic carbocycles. The molecular formula is C17H32O3Si. The lowest BCUT2D eigenvalue weighted by molar-refractivity contribution is -0.181. The third-order valence-corrected chi connectivity index (χ3v) is 10.8. The highest BCUT2D eigenvalue weighted by molar-refractivity contribution is 6.74. The first kappa shape index (κ1) is 16.0. The zero-order chi connectivity index (χ0) is 15.7. The molecular weight excluding hydrogens is 280 g/mol. The van der Waals surface area contributed by atoms with Gasteiger partial charge in [0.05, 0.1) is 12.2 Å². The van der Waals surface area contributed by atoms with Gasteiger partial charge in [0, 0.05) is 5.41 Å². The average molecular weight is 313 g/mol. The van der Waals surface area contributed by atoms with Gasteiger partial charge in [-0.05, 0) is 51.2 Å². The summed E-state index contributed by atoms with van der Waals surface area (Å²) in [6.45, 7) is 15.7. The van der Waals surface area contributed by atoms with Gasteiger partial charge in [-0.25, -0.2) is 0 Å². The zero-order valence-electron chi connectivity index (χ0n) is 14.8. The van der Waals surface area contributed by atoms with Gasteiger partial charge >= 0.3 is 0 Å². The van der Waals surface area contributed by atoms with Crippen molar-refractivity contribution in [3.05, 3.63) is 0 Å². The van der Waals surface area contributed by atoms with Crippen LogP contribution in [0.3, 0.4) is 0 Å². The van der Waals surface area contributed by atoms with E-state index in [0.717, 1.165) is 6.42 Å². The second-order valence-corrected chi connectivity index (χ2v) is 14.1. The van der Waals surface area contributed by atoms with Crippen molar-refractivity contribution in [2.45, 2.75) is 103 Å². The van der Waals surface area contributed by atoms with E-state index in [4.69, 9.17) is 13.9 Å². The fourth-order valence-corrected chi connectivity index (χ4v) is 5.28. The van der Waals surface area contributed by atoms with E-state index in [1.165, 1.54) is 19.3 Å². The molecule has 2 aliphatic carbocycles. The van der Waals surface area contributed by atoms with Crippen molar-refractivity contribution in [1.29, 1.82) is 0 Å². The van der Waals surface area contributed by atoms with E-state index in [-0.39, 0.29) is 23.4 Å². The topological polar surface area (TPSA) is 27.7 Å². The minimum Gasteiger partial charge on any atom is -0.411 e. The Bertz CT molecular complexity index is 420. The largest absolute Gasteiger partial charge is 0.411 e. The summed E-state index contributed by atoms with van der Waals surface area (Å²) in [5.41, 5.74) is 0.339. The van der Waals surface area contributed by atoms with Crippen LogP contribution >= 0.6 is 0 Å². The van der Waals surface area contributed by atoms with Crippen LogP contribution in [0, 0.1) is 5.41 Å². The van der Waals surface area contributed by atoms with Crippen LogP contribution in [0.25, 0.3) is 0 Å². The van der Waals surface area contributed by atoms with Gasteiger partial charge in [0.25, 0.3) is 0 Å². The maximum atomic E-state index is 6.74. The third-order valence-electron chi connectivity index (χ3n) is 6.31. The predicted octanol–water partition coefficient (Wildman–Crippen LogP) is 4.47. The Kier molecular flexibility index (Phi) is 3.47. The van der Waals surface area contributed by atoms with Crippen LogP contribution in [0.4, 0.5) is 0 Å². The van der Waals surface area contributed by atoms with Crippen molar-refractivity contribution in [1.82, 2.24) is 0 Å². The van der Waals surface area contributed by atoms with E-state index >= 15 is 0 Å². The molecule has 3 fully saturated rings. The molecule has 0 radical (unpaired) electrons. The molecule has 0 unspecified atom stereocenters. The van der Waals surface area contributed by atoms with Gasteiger partial charge in [0.2, 0.25) is 0 Å². The molecule has 0 N–H and O–H groups in total. The van der Waals surface area contributed by atoms with Gasteiger partial charge in [-0.15, -0.1) is 0 Å². The Hall–Kier alpha value is 0.0969. The van der Waals surface area contributed by atoms with Gasteiger partial charge in [-0.2, -0.15) is 0 Å². The van der Waals surface area contributed by atoms with E-state index in [1.807, 2.05) is 13.8 Å². The molecule has 2 saturated carbocycles. The molecule has 0 aromatic rings. The van der Waals surface area contributed by atoms with Gasteiger partial charge in [0.1, 0.15) is 6.10 Å². The Balaban J connectivity index is 1.81. The number of ether oxygens (including phenoxy) is 2. The molecule has 3 atom stereocenters. The lowest BCUT2D eigenvalue weighted by atomic mass is 9.66. The zero-order valence-corrected chi connectivity index (χ0v) is 15.8. The van der Waals surface area contributed by atoms with Gasteiger partial charge in [0.15, 0.2) is 14.1 Å². The molecule has 1 spiro atoms. The predicted molar refractivity (Wildman–Crippen MR) is 86.8 cm³/mol. The summed E-state index contributed by atoms with van der Waals surface area (Å²) in [7, 11) is -1.76. The van der Waals surface area contributed by atoms with Crippen molar-refractivity contribution in [2.24, 2.45) is 5.41 Å². The lowest BCUT2D eigenvalue weighted by Crippen LogP contribution is -2.46. The Morgan fingerprint density at radius 2 is 1.71 bits per heavy atom. The summed E-state index contributed by atoms with van der Waals surface area (Å²) in [5.74, 6) is -0.451. The van der Waals surface area contributed by atoms with Crippen molar-refractivity contribution in [3.8, 4) is 0 Å². The van der Waals surface area contributed by atoms with E-state index in [0.29, 0.717) is 5.41 Å². The normalized spacial score (nSPS) is 37.6. The first-order valence-electron chi connectivity index (χ1n) is 8.49. The molecule has 1 aliphatic heterocycles. The molecule has 3 rings (SSSR count). The maximum Gasteiger partial charge on any atom is 0.192 e. The van der Waals surface area contributed by atoms with Crippen molar-refractivity contribution >= 4 is 8.32 Å². The number of fused-ring (bicyclic) bond motifs is 2. The summed E-state index contributed by atoms with van der Waals surface area (Å²) in [5, 5.41) is 0.243. The number of hydrogen-bond acceptors (Lipinski definition) is 3. The van der Waals surface area contributed by atoms with Crippen LogP contribution < -0.4 is 0 Å². The van der Waals surface area contributed by atoms with Crippen molar-refractivity contribution in [3.63, 3.8) is 0 Å². The van der Waals surface area contributed by atoms with Crippen molar-refractivity contribution in [2.75, 3.05) is 0 Å². The van der Waals surface area contributed by atoms with E-state index < -0.39 is 14.1 Å². The first-order chi connectivity index (χ1) is 9.46. The molecule has 1 saturated heterocycles. The van der Waals surface area contributed by atoms with Crippen LogP contribution in [-0.2, 0) is 13.9 Å². The van der Waals surface area contributed by atoms with Gasteiger partial charge in [-0.1, -0.05) is 27.2 Å². The third kappa shape index (κ3) is 2.52. The summed E-state index contributed by atoms with van der Waals surface area (Å²) in [6, 6.07) is 0. The molecule has 0 aromatic heterocycles. The first-order valence-corrected chi connectivity index (χ1v) is 11.4. The maximum absolute atomic E-state index is 6.74. The van der Waals surface area contributed by atoms with Gasteiger partial charge < -0.3 is 13.9 Å². The SMILES string of the molecule is CC1(C)O[C@H]2[C@@H](O[Si](C)(C)C(C)(C)C)CC3(CCC3)[C@H]2O1. The van der Waals surface area contributed by atoms with Gasteiger partial charge in [-0.3, -0.25) is 0 Å². The molecule has 3 aliphatic rings. The Labute approximate surface area is 130 Å². The number of rotatable bonds is 2. The average Bonchev–Trinajstić information content (AvgIpc) is 2.68. The highest BCUT2D eigenvalue weighted by Gasteiger charge is 2.64. The summed E-state index contributed by atoms with van der Waals surface area (Å²) < 4.78 is 19.3. The van der Waals surface area contributed by atoms with Crippen molar-refractivity contribution < 1.29 is 13.9 Å². The fraction of sp³-hybridized carbons (Fsp3) is 1.00. The Morgan fingerprint density at radius 1 is 1.10 bits per heavy atom. The van der Waals surface area contributed by atoms with E-state index in [9.17, 15) is 0 Å². The molecule has 0 amide bonds. The molecule has 21 heavy (non-hydrogen) atoms. The lowest BCUT2D eigenvalue weighted by Gasteiger charge is -2.43. The van der Waals surface area contributed by atoms with E-state index in [2.05, 4.69) is 33.9 Å². The van der Waals surface area contributed by atoms with Crippen LogP contribution in [-0.4, -0.2) is 32.4 Å². The standard InChI is InChI=1S/C17H32O3Si/c1-15(2,3)21(6,7)20-12-11-17(9-8-10-17)14-13(12)18-16(4,5)19-14/h12-14H,8-11H2,1-7H3/t12-,13-,14-/m0/s1. The minimum absolute atomic E-state index is 0.134. The van der Waals surface area contributed by atoms with Crippen LogP contribution in [0.5, 0.6) is 0 Å². The summed E-state index contributed by atoms with van der Waals surface area (Å²) in [6.07, 6.45) is 5.63. The summed E-state index contributed by atoms with van der Waals surface area (Å²) in [4.78, 5) is 0. The second kappa shape index (κ2) is 4.56. The molecule has 3 nitrogen and oxygen atoms in total. The summed E-state index contributed by atoms with van der Waals surface area (Å²) >= 11 is 0. The number of hydrogen-bond donors (Lipinski definition) is 0. The molecule has 122 valence electrons. The molecule has 4 heteroatoms. The highest BCUT2D eigenvalue weighted by atomic mass is 28.4. The minimum atomic E-state index is -1.76. The molecule has 1 heterocycles. The quantitative estimate of drug-likeness (QED) is 0.704. The smallest absolute Gasteiger partial charge is 0.192 e. The van der Waals surface area contributed by atoms with Crippen LogP contribution in [0.1, 0.15) is 60.3 Å². The molecule has 0 bridgehead atoms. The monoisotopic (exact) mass is 312 g/mol. The van der Waals surface area contributed by atoms with E-state index in [1.54, 1.807) is 0 Å². The van der Waals surface area contributed by atoms with Crippen LogP contribution in [0.2, 0.25) is 18.1 Å². The van der Waals surface area contributed by atoms with Crippen LogP contribution in [0.15, 0.2) is 0 Å². The highest BCUT2D eigenvalue weighted by Crippen LogP contribution is 2.60.